The van der Waals surface area contributed by atoms with Crippen molar-refractivity contribution in [2.24, 2.45) is 17.8 Å². The number of carbonyl (C=O) groups is 2. The molecule has 0 aromatic carbocycles. The Balaban J connectivity index is 1.28. The van der Waals surface area contributed by atoms with E-state index < -0.39 is 11.1 Å². The molecule has 2 aromatic heterocycles. The maximum absolute atomic E-state index is 12.8. The lowest BCUT2D eigenvalue weighted by atomic mass is 10.1. The first-order valence-electron chi connectivity index (χ1n) is 10.4. The number of pyridine rings is 1. The molecule has 0 bridgehead atoms. The van der Waals surface area contributed by atoms with E-state index in [0.29, 0.717) is 25.4 Å². The molecule has 30 heavy (non-hydrogen) atoms. The Bertz CT molecular complexity index is 949. The van der Waals surface area contributed by atoms with E-state index in [1.165, 1.54) is 0 Å². The highest BCUT2D eigenvalue weighted by atomic mass is 16.6. The van der Waals surface area contributed by atoms with Gasteiger partial charge in [0.25, 0.3) is 0 Å². The summed E-state index contributed by atoms with van der Waals surface area (Å²) in [6.07, 6.45) is 5.20. The number of piperidine rings is 1. The van der Waals surface area contributed by atoms with E-state index in [1.54, 1.807) is 11.1 Å². The molecule has 2 fully saturated rings. The van der Waals surface area contributed by atoms with Gasteiger partial charge in [0.15, 0.2) is 11.4 Å². The van der Waals surface area contributed by atoms with E-state index >= 15 is 0 Å². The summed E-state index contributed by atoms with van der Waals surface area (Å²) in [5, 5.41) is 3.12. The summed E-state index contributed by atoms with van der Waals surface area (Å²) in [4.78, 5) is 31.0. The summed E-state index contributed by atoms with van der Waals surface area (Å²) in [6.45, 7) is 11.0. The number of nitrogens with zero attached hydrogens (tertiary/aromatic N) is 3. The second-order valence-electron chi connectivity index (χ2n) is 9.93. The molecule has 162 valence electrons. The van der Waals surface area contributed by atoms with Crippen molar-refractivity contribution in [2.45, 2.75) is 45.8 Å². The van der Waals surface area contributed by atoms with Crippen molar-refractivity contribution in [3.8, 4) is 5.75 Å². The third-order valence-electron chi connectivity index (χ3n) is 5.58. The Hall–Kier alpha value is -2.77. The first-order chi connectivity index (χ1) is 14.0. The van der Waals surface area contributed by atoms with Crippen molar-refractivity contribution in [1.82, 2.24) is 19.6 Å². The van der Waals surface area contributed by atoms with Crippen LogP contribution in [0.25, 0.3) is 5.65 Å². The summed E-state index contributed by atoms with van der Waals surface area (Å²) in [6, 6.07) is 3.77. The van der Waals surface area contributed by atoms with Crippen molar-refractivity contribution >= 4 is 17.6 Å². The zero-order valence-corrected chi connectivity index (χ0v) is 18.2. The molecule has 8 nitrogen and oxygen atoms in total. The molecule has 1 aliphatic carbocycles. The van der Waals surface area contributed by atoms with Crippen LogP contribution in [0.1, 0.15) is 34.6 Å². The van der Waals surface area contributed by atoms with Crippen LogP contribution in [0.15, 0.2) is 30.7 Å². The maximum atomic E-state index is 12.8. The molecule has 1 N–H and O–H groups in total. The molecule has 1 saturated heterocycles. The van der Waals surface area contributed by atoms with Crippen LogP contribution in [-0.4, -0.2) is 57.1 Å². The quantitative estimate of drug-likeness (QED) is 0.813. The van der Waals surface area contributed by atoms with E-state index in [2.05, 4.69) is 10.3 Å². The number of hydrogen-bond acceptors (Lipinski definition) is 5. The molecule has 1 aliphatic heterocycles. The smallest absolute Gasteiger partial charge is 0.410 e. The fourth-order valence-electron chi connectivity index (χ4n) is 4.14. The summed E-state index contributed by atoms with van der Waals surface area (Å²) >= 11 is 0. The van der Waals surface area contributed by atoms with E-state index in [0.717, 1.165) is 5.65 Å². The highest BCUT2D eigenvalue weighted by Crippen LogP contribution is 2.52. The lowest BCUT2D eigenvalue weighted by molar-refractivity contribution is -0.125. The molecule has 3 heterocycles. The number of likely N-dealkylation sites (tertiary alicyclic amines) is 1. The number of carbonyl (C=O) groups excluding carboxylic acids is 2. The molecular weight excluding hydrogens is 384 g/mol. The number of imidazole rings is 1. The molecule has 2 amide bonds. The van der Waals surface area contributed by atoms with Crippen LogP contribution in [-0.2, 0) is 9.53 Å². The average Bonchev–Trinajstić information content (AvgIpc) is 2.99. The number of rotatable bonds is 5. The number of hydrogen-bond donors (Lipinski definition) is 1. The van der Waals surface area contributed by atoms with Crippen LogP contribution in [0.4, 0.5) is 4.79 Å². The molecule has 1 saturated carbocycles. The number of aromatic nitrogens is 2. The second kappa shape index (κ2) is 7.18. The van der Waals surface area contributed by atoms with Gasteiger partial charge in [-0.1, -0.05) is 0 Å². The Morgan fingerprint density at radius 1 is 1.17 bits per heavy atom. The van der Waals surface area contributed by atoms with Gasteiger partial charge >= 0.3 is 6.09 Å². The fourth-order valence-corrected chi connectivity index (χ4v) is 4.14. The van der Waals surface area contributed by atoms with Crippen molar-refractivity contribution in [3.05, 3.63) is 30.7 Å². The van der Waals surface area contributed by atoms with Crippen LogP contribution in [0, 0.1) is 17.8 Å². The predicted octanol–water partition coefficient (Wildman–Crippen LogP) is 2.72. The Morgan fingerprint density at radius 3 is 2.53 bits per heavy atom. The normalized spacial score (nSPS) is 23.2. The highest BCUT2D eigenvalue weighted by Gasteiger charge is 2.61. The van der Waals surface area contributed by atoms with E-state index in [4.69, 9.17) is 9.47 Å². The minimum absolute atomic E-state index is 0.0291. The van der Waals surface area contributed by atoms with Gasteiger partial charge in [0, 0.05) is 37.6 Å². The van der Waals surface area contributed by atoms with E-state index in [1.807, 2.05) is 63.5 Å². The average molecular weight is 415 g/mol. The number of fused-ring (bicyclic) bond motifs is 2. The predicted molar refractivity (Wildman–Crippen MR) is 111 cm³/mol. The summed E-state index contributed by atoms with van der Waals surface area (Å²) in [7, 11) is 0. The summed E-state index contributed by atoms with van der Waals surface area (Å²) in [5.74, 6) is 1.10. The minimum Gasteiger partial charge on any atom is -0.487 e. The van der Waals surface area contributed by atoms with Gasteiger partial charge in [-0.25, -0.2) is 9.78 Å². The van der Waals surface area contributed by atoms with Gasteiger partial charge in [0.1, 0.15) is 12.2 Å². The molecule has 8 heteroatoms. The van der Waals surface area contributed by atoms with Crippen molar-refractivity contribution < 1.29 is 19.1 Å². The van der Waals surface area contributed by atoms with Crippen molar-refractivity contribution in [1.29, 1.82) is 0 Å². The molecule has 2 aromatic rings. The third kappa shape index (κ3) is 4.22. The zero-order chi connectivity index (χ0) is 21.7. The molecular formula is C22H30N4O4. The number of ether oxygens (including phenoxy) is 2. The third-order valence-corrected chi connectivity index (χ3v) is 5.58. The van der Waals surface area contributed by atoms with E-state index in [9.17, 15) is 9.59 Å². The Kier molecular flexibility index (Phi) is 4.91. The minimum atomic E-state index is -0.530. The maximum Gasteiger partial charge on any atom is 0.410 e. The standard InChI is InChI=1S/C22H30N4O4/c1-21(2,3)30-20(28)26-11-14-15(12-26)17(14)19(27)24-22(4,5)13-29-16-7-6-9-25-10-8-23-18(16)25/h6-10,14-15,17H,11-13H2,1-5H3,(H,24,27)/t14-,15+,17+. The molecule has 0 radical (unpaired) electrons. The largest absolute Gasteiger partial charge is 0.487 e. The summed E-state index contributed by atoms with van der Waals surface area (Å²) < 4.78 is 13.3. The second-order valence-corrected chi connectivity index (χ2v) is 9.93. The zero-order valence-electron chi connectivity index (χ0n) is 18.2. The van der Waals surface area contributed by atoms with Gasteiger partial charge in [-0.05, 0) is 58.6 Å². The topological polar surface area (TPSA) is 85.2 Å². The van der Waals surface area contributed by atoms with Gasteiger partial charge < -0.3 is 24.1 Å². The van der Waals surface area contributed by atoms with Gasteiger partial charge in [0.2, 0.25) is 5.91 Å². The number of amides is 2. The van der Waals surface area contributed by atoms with Crippen LogP contribution < -0.4 is 10.1 Å². The Labute approximate surface area is 176 Å². The first-order valence-corrected chi connectivity index (χ1v) is 10.4. The molecule has 2 aliphatic rings. The first kappa shape index (κ1) is 20.5. The SMILES string of the molecule is CC(C)(COc1cccn2ccnc12)NC(=O)[C@H]1[C@@H]2CN(C(=O)OC(C)(C)C)C[C@@H]21. The number of nitrogens with one attached hydrogen (secondary N) is 1. The molecule has 3 atom stereocenters. The van der Waals surface area contributed by atoms with Crippen molar-refractivity contribution in [3.63, 3.8) is 0 Å². The van der Waals surface area contributed by atoms with Gasteiger partial charge in [-0.15, -0.1) is 0 Å². The lowest BCUT2D eigenvalue weighted by Crippen LogP contribution is -2.49. The fraction of sp³-hybridized carbons (Fsp3) is 0.591. The van der Waals surface area contributed by atoms with E-state index in [-0.39, 0.29) is 29.8 Å². The van der Waals surface area contributed by atoms with Crippen LogP contribution >= 0.6 is 0 Å². The lowest BCUT2D eigenvalue weighted by Gasteiger charge is -2.28. The van der Waals surface area contributed by atoms with Gasteiger partial charge in [-0.2, -0.15) is 0 Å². The summed E-state index contributed by atoms with van der Waals surface area (Å²) in [5.41, 5.74) is -0.289. The molecule has 0 unspecified atom stereocenters. The van der Waals surface area contributed by atoms with Gasteiger partial charge in [0.05, 0.1) is 5.54 Å². The van der Waals surface area contributed by atoms with Crippen LogP contribution in [0.5, 0.6) is 5.75 Å². The van der Waals surface area contributed by atoms with Crippen molar-refractivity contribution in [2.75, 3.05) is 19.7 Å². The molecule has 4 rings (SSSR count). The monoisotopic (exact) mass is 414 g/mol. The van der Waals surface area contributed by atoms with Crippen LogP contribution in [0.2, 0.25) is 0 Å². The Morgan fingerprint density at radius 2 is 1.87 bits per heavy atom. The highest BCUT2D eigenvalue weighted by molar-refractivity contribution is 5.84. The van der Waals surface area contributed by atoms with Gasteiger partial charge in [-0.3, -0.25) is 4.79 Å². The molecule has 0 spiro atoms. The van der Waals surface area contributed by atoms with Crippen LogP contribution in [0.3, 0.4) is 0 Å².